The molecule has 0 atom stereocenters. The van der Waals surface area contributed by atoms with Crippen LogP contribution in [0.5, 0.6) is 0 Å². The van der Waals surface area contributed by atoms with Crippen LogP contribution in [-0.2, 0) is 0 Å². The lowest BCUT2D eigenvalue weighted by Gasteiger charge is -2.45. The summed E-state index contributed by atoms with van der Waals surface area (Å²) in [6.07, 6.45) is 1.50. The summed E-state index contributed by atoms with van der Waals surface area (Å²) in [5.41, 5.74) is 0.870. The van der Waals surface area contributed by atoms with Crippen molar-refractivity contribution in [3.63, 3.8) is 0 Å². The summed E-state index contributed by atoms with van der Waals surface area (Å²) in [5.74, 6) is -0.189. The van der Waals surface area contributed by atoms with Crippen molar-refractivity contribution in [2.45, 2.75) is 20.8 Å². The van der Waals surface area contributed by atoms with E-state index >= 15 is 0 Å². The molecule has 0 aliphatic carbocycles. The lowest BCUT2D eigenvalue weighted by Crippen LogP contribution is -2.56. The molecule has 0 aromatic carbocycles. The van der Waals surface area contributed by atoms with Crippen molar-refractivity contribution >= 4 is 21.8 Å². The minimum absolute atomic E-state index is 0.171. The van der Waals surface area contributed by atoms with Crippen LogP contribution in [0.2, 0.25) is 0 Å². The van der Waals surface area contributed by atoms with Crippen molar-refractivity contribution in [3.8, 4) is 0 Å². The van der Waals surface area contributed by atoms with E-state index in [9.17, 15) is 9.59 Å². The van der Waals surface area contributed by atoms with Crippen LogP contribution in [0.4, 0.5) is 0 Å². The zero-order valence-electron chi connectivity index (χ0n) is 10.1. The van der Waals surface area contributed by atoms with E-state index in [1.807, 2.05) is 0 Å². The molecule has 2 heterocycles. The van der Waals surface area contributed by atoms with Gasteiger partial charge in [-0.15, -0.1) is 0 Å². The minimum Gasteiger partial charge on any atom is -0.363 e. The zero-order valence-corrected chi connectivity index (χ0v) is 11.7. The van der Waals surface area contributed by atoms with E-state index in [4.69, 9.17) is 0 Å². The number of rotatable bonds is 1. The fraction of sp³-hybridized carbons (Fsp3) is 0.500. The molecule has 0 radical (unpaired) electrons. The number of H-pyrrole nitrogens is 1. The normalized spacial score (nSPS) is 17.8. The quantitative estimate of drug-likeness (QED) is 0.861. The molecule has 17 heavy (non-hydrogen) atoms. The summed E-state index contributed by atoms with van der Waals surface area (Å²) in [4.78, 5) is 28.6. The van der Waals surface area contributed by atoms with E-state index in [-0.39, 0.29) is 22.3 Å². The first-order chi connectivity index (χ1) is 7.82. The third kappa shape index (κ3) is 2.16. The SMILES string of the molecule is Cc1[nH]cc(C(=O)N2CC(C)(C)C2)c(=O)c1Br. The number of aromatic amines is 1. The molecule has 1 saturated heterocycles. The maximum Gasteiger partial charge on any atom is 0.259 e. The third-order valence-corrected chi connectivity index (χ3v) is 3.92. The van der Waals surface area contributed by atoms with E-state index in [0.29, 0.717) is 17.6 Å². The fourth-order valence-corrected chi connectivity index (χ4v) is 2.39. The molecule has 0 bridgehead atoms. The second kappa shape index (κ2) is 3.98. The molecule has 0 spiro atoms. The first-order valence-electron chi connectivity index (χ1n) is 5.49. The van der Waals surface area contributed by atoms with Gasteiger partial charge in [-0.25, -0.2) is 0 Å². The Bertz CT molecular complexity index is 526. The molecule has 1 amide bonds. The van der Waals surface area contributed by atoms with Crippen molar-refractivity contribution in [3.05, 3.63) is 32.2 Å². The maximum absolute atomic E-state index is 12.1. The van der Waals surface area contributed by atoms with Crippen LogP contribution in [0.3, 0.4) is 0 Å². The van der Waals surface area contributed by atoms with Crippen molar-refractivity contribution in [1.82, 2.24) is 9.88 Å². The van der Waals surface area contributed by atoms with E-state index < -0.39 is 0 Å². The largest absolute Gasteiger partial charge is 0.363 e. The molecule has 1 fully saturated rings. The number of aryl methyl sites for hydroxylation is 1. The van der Waals surface area contributed by atoms with Gasteiger partial charge in [0.25, 0.3) is 5.91 Å². The predicted molar refractivity (Wildman–Crippen MR) is 69.2 cm³/mol. The molecule has 92 valence electrons. The number of aromatic nitrogens is 1. The Morgan fingerprint density at radius 2 is 2.06 bits per heavy atom. The molecular formula is C12H15BrN2O2. The van der Waals surface area contributed by atoms with Crippen LogP contribution in [0.25, 0.3) is 0 Å². The number of pyridine rings is 1. The van der Waals surface area contributed by atoms with E-state index in [1.54, 1.807) is 11.8 Å². The second-order valence-corrected chi connectivity index (χ2v) is 6.09. The number of likely N-dealkylation sites (tertiary alicyclic amines) is 1. The fourth-order valence-electron chi connectivity index (χ4n) is 2.06. The van der Waals surface area contributed by atoms with Crippen molar-refractivity contribution in [2.75, 3.05) is 13.1 Å². The highest BCUT2D eigenvalue weighted by Gasteiger charge is 2.38. The number of nitrogens with one attached hydrogen (secondary N) is 1. The van der Waals surface area contributed by atoms with E-state index in [1.165, 1.54) is 6.20 Å². The summed E-state index contributed by atoms with van der Waals surface area (Å²) in [6, 6.07) is 0. The van der Waals surface area contributed by atoms with Crippen LogP contribution in [0.15, 0.2) is 15.5 Å². The lowest BCUT2D eigenvalue weighted by atomic mass is 9.84. The van der Waals surface area contributed by atoms with Crippen molar-refractivity contribution in [1.29, 1.82) is 0 Å². The smallest absolute Gasteiger partial charge is 0.259 e. The number of nitrogens with zero attached hydrogens (tertiary/aromatic N) is 1. The molecule has 2 rings (SSSR count). The van der Waals surface area contributed by atoms with Gasteiger partial charge in [-0.05, 0) is 28.3 Å². The maximum atomic E-state index is 12.1. The van der Waals surface area contributed by atoms with Gasteiger partial charge in [-0.1, -0.05) is 13.8 Å². The summed E-state index contributed by atoms with van der Waals surface area (Å²) in [5, 5.41) is 0. The number of carbonyl (C=O) groups excluding carboxylic acids is 1. The van der Waals surface area contributed by atoms with Gasteiger partial charge >= 0.3 is 0 Å². The summed E-state index contributed by atoms with van der Waals surface area (Å²) in [7, 11) is 0. The first-order valence-corrected chi connectivity index (χ1v) is 6.28. The number of amides is 1. The summed E-state index contributed by atoms with van der Waals surface area (Å²) < 4.78 is 0.433. The Labute approximate surface area is 108 Å². The summed E-state index contributed by atoms with van der Waals surface area (Å²) in [6.45, 7) is 7.40. The molecule has 0 saturated carbocycles. The van der Waals surface area contributed by atoms with Gasteiger partial charge in [0.05, 0.1) is 4.47 Å². The van der Waals surface area contributed by atoms with Gasteiger partial charge in [0.2, 0.25) is 5.43 Å². The van der Waals surface area contributed by atoms with Crippen LogP contribution in [0, 0.1) is 12.3 Å². The molecule has 1 aromatic heterocycles. The number of halogens is 1. The third-order valence-electron chi connectivity index (χ3n) is 2.96. The van der Waals surface area contributed by atoms with Crippen LogP contribution in [-0.4, -0.2) is 28.9 Å². The Kier molecular flexibility index (Phi) is 2.89. The monoisotopic (exact) mass is 298 g/mol. The van der Waals surface area contributed by atoms with Crippen LogP contribution in [0.1, 0.15) is 29.9 Å². The van der Waals surface area contributed by atoms with Gasteiger partial charge < -0.3 is 9.88 Å². The summed E-state index contributed by atoms with van der Waals surface area (Å²) >= 11 is 3.20. The van der Waals surface area contributed by atoms with E-state index in [2.05, 4.69) is 34.8 Å². The highest BCUT2D eigenvalue weighted by Crippen LogP contribution is 2.29. The molecule has 1 aliphatic rings. The number of hydrogen-bond acceptors (Lipinski definition) is 2. The van der Waals surface area contributed by atoms with Crippen LogP contribution < -0.4 is 5.43 Å². The van der Waals surface area contributed by atoms with Gasteiger partial charge in [0.1, 0.15) is 5.56 Å². The number of carbonyl (C=O) groups is 1. The molecule has 0 unspecified atom stereocenters. The minimum atomic E-state index is -0.240. The van der Waals surface area contributed by atoms with E-state index in [0.717, 1.165) is 5.69 Å². The Balaban J connectivity index is 2.28. The topological polar surface area (TPSA) is 53.2 Å². The average Bonchev–Trinajstić information content (AvgIpc) is 2.22. The zero-order chi connectivity index (χ0) is 12.8. The average molecular weight is 299 g/mol. The predicted octanol–water partition coefficient (Wildman–Crippen LogP) is 1.93. The first kappa shape index (κ1) is 12.4. The van der Waals surface area contributed by atoms with Crippen molar-refractivity contribution < 1.29 is 4.79 Å². The molecule has 1 aromatic rings. The number of hydrogen-bond donors (Lipinski definition) is 1. The Morgan fingerprint density at radius 1 is 1.47 bits per heavy atom. The molecule has 1 aliphatic heterocycles. The van der Waals surface area contributed by atoms with Crippen molar-refractivity contribution in [2.24, 2.45) is 5.41 Å². The lowest BCUT2D eigenvalue weighted by molar-refractivity contribution is 0.0234. The van der Waals surface area contributed by atoms with Crippen LogP contribution >= 0.6 is 15.9 Å². The van der Waals surface area contributed by atoms with Gasteiger partial charge in [-0.2, -0.15) is 0 Å². The Hall–Kier alpha value is -1.10. The van der Waals surface area contributed by atoms with Gasteiger partial charge in [-0.3, -0.25) is 9.59 Å². The standard InChI is InChI=1S/C12H15BrN2O2/c1-7-9(13)10(16)8(4-14-7)11(17)15-5-12(2,3)6-15/h4H,5-6H2,1-3H3,(H,14,16). The highest BCUT2D eigenvalue weighted by molar-refractivity contribution is 9.10. The second-order valence-electron chi connectivity index (χ2n) is 5.30. The van der Waals surface area contributed by atoms with Gasteiger partial charge in [0, 0.05) is 25.0 Å². The highest BCUT2D eigenvalue weighted by atomic mass is 79.9. The Morgan fingerprint density at radius 3 is 2.59 bits per heavy atom. The molecular weight excluding hydrogens is 284 g/mol. The molecule has 1 N–H and O–H groups in total. The molecule has 5 heteroatoms. The van der Waals surface area contributed by atoms with Gasteiger partial charge in [0.15, 0.2) is 0 Å². The molecule has 4 nitrogen and oxygen atoms in total.